The van der Waals surface area contributed by atoms with Crippen molar-refractivity contribution in [3.8, 4) is 0 Å². The molecule has 0 amide bonds. The van der Waals surface area contributed by atoms with Crippen LogP contribution in [0, 0.1) is 5.41 Å². The minimum Gasteiger partial charge on any atom is -0.306 e. The van der Waals surface area contributed by atoms with Gasteiger partial charge in [-0.15, -0.1) is 0 Å². The van der Waals surface area contributed by atoms with Gasteiger partial charge in [0.25, 0.3) is 0 Å². The van der Waals surface area contributed by atoms with Crippen molar-refractivity contribution in [1.82, 2.24) is 4.90 Å². The van der Waals surface area contributed by atoms with Crippen molar-refractivity contribution >= 4 is 0 Å². The highest BCUT2D eigenvalue weighted by Crippen LogP contribution is 2.40. The Kier molecular flexibility index (Phi) is 9.02. The molecule has 0 aromatic heterocycles. The first-order valence-electron chi connectivity index (χ1n) is 7.41. The van der Waals surface area contributed by atoms with Crippen molar-refractivity contribution < 1.29 is 0 Å². The normalized spacial score (nSPS) is 20.1. The summed E-state index contributed by atoms with van der Waals surface area (Å²) in [4.78, 5) is 2.49. The van der Waals surface area contributed by atoms with Gasteiger partial charge in [0.1, 0.15) is 0 Å². The molecule has 0 aromatic rings. The minimum atomic E-state index is 0.720. The zero-order valence-electron chi connectivity index (χ0n) is 12.3. The number of hydrogen-bond donors (Lipinski definition) is 0. The molecule has 0 radical (unpaired) electrons. The SMILES string of the molecule is CC.CCCCC1(CCC)CCN(C)CC1. The highest BCUT2D eigenvalue weighted by molar-refractivity contribution is 4.84. The van der Waals surface area contributed by atoms with Crippen molar-refractivity contribution in [2.75, 3.05) is 20.1 Å². The summed E-state index contributed by atoms with van der Waals surface area (Å²) in [6.45, 7) is 11.3. The fourth-order valence-electron chi connectivity index (χ4n) is 2.80. The topological polar surface area (TPSA) is 3.24 Å². The van der Waals surface area contributed by atoms with E-state index in [1.165, 1.54) is 58.0 Å². The van der Waals surface area contributed by atoms with Crippen LogP contribution in [0.5, 0.6) is 0 Å². The Morgan fingerprint density at radius 3 is 1.94 bits per heavy atom. The van der Waals surface area contributed by atoms with Crippen LogP contribution >= 0.6 is 0 Å². The largest absolute Gasteiger partial charge is 0.306 e. The zero-order chi connectivity index (χ0) is 12.4. The molecule has 1 nitrogen and oxygen atoms in total. The first-order valence-corrected chi connectivity index (χ1v) is 7.41. The van der Waals surface area contributed by atoms with E-state index in [1.807, 2.05) is 13.8 Å². The smallest absolute Gasteiger partial charge is 0.00165 e. The predicted molar refractivity (Wildman–Crippen MR) is 74.9 cm³/mol. The molecule has 1 aliphatic heterocycles. The summed E-state index contributed by atoms with van der Waals surface area (Å²) in [7, 11) is 2.26. The zero-order valence-corrected chi connectivity index (χ0v) is 12.3. The van der Waals surface area contributed by atoms with Gasteiger partial charge in [-0.25, -0.2) is 0 Å². The lowest BCUT2D eigenvalue weighted by atomic mass is 9.71. The van der Waals surface area contributed by atoms with Crippen molar-refractivity contribution in [2.24, 2.45) is 5.41 Å². The summed E-state index contributed by atoms with van der Waals surface area (Å²) in [5, 5.41) is 0. The van der Waals surface area contributed by atoms with Crippen molar-refractivity contribution in [3.63, 3.8) is 0 Å². The van der Waals surface area contributed by atoms with E-state index in [4.69, 9.17) is 0 Å². The van der Waals surface area contributed by atoms with Crippen LogP contribution in [-0.4, -0.2) is 25.0 Å². The summed E-state index contributed by atoms with van der Waals surface area (Å²) in [6, 6.07) is 0. The Balaban J connectivity index is 0.00000106. The third-order valence-electron chi connectivity index (χ3n) is 3.89. The van der Waals surface area contributed by atoms with Crippen LogP contribution < -0.4 is 0 Å². The standard InChI is InChI=1S/C13H27N.C2H6/c1-4-6-8-13(7-5-2)9-11-14(3)12-10-13;1-2/h4-12H2,1-3H3;1-2H3. The maximum absolute atomic E-state index is 2.49. The lowest BCUT2D eigenvalue weighted by Gasteiger charge is -2.41. The Morgan fingerprint density at radius 2 is 1.50 bits per heavy atom. The summed E-state index contributed by atoms with van der Waals surface area (Å²) in [5.41, 5.74) is 0.720. The predicted octanol–water partition coefficient (Wildman–Crippen LogP) is 4.71. The minimum absolute atomic E-state index is 0.720. The summed E-state index contributed by atoms with van der Waals surface area (Å²) < 4.78 is 0. The Bertz CT molecular complexity index is 140. The Morgan fingerprint density at radius 1 is 0.938 bits per heavy atom. The number of rotatable bonds is 5. The van der Waals surface area contributed by atoms with E-state index in [-0.39, 0.29) is 0 Å². The molecule has 16 heavy (non-hydrogen) atoms. The second-order valence-electron chi connectivity index (χ2n) is 5.16. The number of unbranched alkanes of at least 4 members (excludes halogenated alkanes) is 1. The molecule has 0 atom stereocenters. The van der Waals surface area contributed by atoms with Gasteiger partial charge in [0.2, 0.25) is 0 Å². The van der Waals surface area contributed by atoms with Crippen LogP contribution in [0.1, 0.15) is 72.6 Å². The molecular formula is C15H33N. The molecule has 0 N–H and O–H groups in total. The van der Waals surface area contributed by atoms with Gasteiger partial charge in [-0.05, 0) is 51.2 Å². The summed E-state index contributed by atoms with van der Waals surface area (Å²) >= 11 is 0. The second-order valence-corrected chi connectivity index (χ2v) is 5.16. The molecule has 1 heterocycles. The van der Waals surface area contributed by atoms with Gasteiger partial charge in [-0.2, -0.15) is 0 Å². The van der Waals surface area contributed by atoms with E-state index in [0.29, 0.717) is 0 Å². The molecule has 0 aromatic carbocycles. The van der Waals surface area contributed by atoms with Crippen molar-refractivity contribution in [1.29, 1.82) is 0 Å². The molecule has 1 saturated heterocycles. The maximum Gasteiger partial charge on any atom is -0.00165 e. The van der Waals surface area contributed by atoms with Crippen LogP contribution in [0.25, 0.3) is 0 Å². The molecule has 98 valence electrons. The van der Waals surface area contributed by atoms with Crippen LogP contribution in [0.15, 0.2) is 0 Å². The van der Waals surface area contributed by atoms with Gasteiger partial charge >= 0.3 is 0 Å². The fourth-order valence-corrected chi connectivity index (χ4v) is 2.80. The van der Waals surface area contributed by atoms with E-state index in [2.05, 4.69) is 25.8 Å². The first-order chi connectivity index (χ1) is 7.72. The van der Waals surface area contributed by atoms with Crippen LogP contribution in [0.2, 0.25) is 0 Å². The molecule has 0 unspecified atom stereocenters. The fraction of sp³-hybridized carbons (Fsp3) is 1.00. The molecular weight excluding hydrogens is 194 g/mol. The van der Waals surface area contributed by atoms with Crippen LogP contribution in [-0.2, 0) is 0 Å². The van der Waals surface area contributed by atoms with Gasteiger partial charge in [0, 0.05) is 0 Å². The number of likely N-dealkylation sites (tertiary alicyclic amines) is 1. The van der Waals surface area contributed by atoms with Crippen molar-refractivity contribution in [2.45, 2.75) is 72.6 Å². The highest BCUT2D eigenvalue weighted by atomic mass is 15.1. The number of piperidine rings is 1. The molecule has 1 aliphatic rings. The summed E-state index contributed by atoms with van der Waals surface area (Å²) in [5.74, 6) is 0. The summed E-state index contributed by atoms with van der Waals surface area (Å²) in [6.07, 6.45) is 9.99. The molecule has 0 saturated carbocycles. The molecule has 0 bridgehead atoms. The monoisotopic (exact) mass is 227 g/mol. The van der Waals surface area contributed by atoms with E-state index >= 15 is 0 Å². The quantitative estimate of drug-likeness (QED) is 0.657. The number of hydrogen-bond acceptors (Lipinski definition) is 1. The van der Waals surface area contributed by atoms with Gasteiger partial charge in [0.05, 0.1) is 0 Å². The van der Waals surface area contributed by atoms with Crippen molar-refractivity contribution in [3.05, 3.63) is 0 Å². The second kappa shape index (κ2) is 9.04. The molecule has 0 aliphatic carbocycles. The number of nitrogens with zero attached hydrogens (tertiary/aromatic N) is 1. The average Bonchev–Trinajstić information content (AvgIpc) is 2.33. The molecule has 1 fully saturated rings. The van der Waals surface area contributed by atoms with Crippen LogP contribution in [0.4, 0.5) is 0 Å². The highest BCUT2D eigenvalue weighted by Gasteiger charge is 2.31. The van der Waals surface area contributed by atoms with E-state index in [0.717, 1.165) is 5.41 Å². The van der Waals surface area contributed by atoms with Gasteiger partial charge in [-0.1, -0.05) is 47.0 Å². The Hall–Kier alpha value is -0.0400. The molecule has 0 spiro atoms. The van der Waals surface area contributed by atoms with E-state index < -0.39 is 0 Å². The molecule has 1 rings (SSSR count). The Labute approximate surface area is 104 Å². The third kappa shape index (κ3) is 5.34. The van der Waals surface area contributed by atoms with Gasteiger partial charge < -0.3 is 4.90 Å². The molecule has 1 heteroatoms. The lowest BCUT2D eigenvalue weighted by Crippen LogP contribution is -2.37. The van der Waals surface area contributed by atoms with E-state index in [9.17, 15) is 0 Å². The van der Waals surface area contributed by atoms with Crippen LogP contribution in [0.3, 0.4) is 0 Å². The van der Waals surface area contributed by atoms with E-state index in [1.54, 1.807) is 0 Å². The van der Waals surface area contributed by atoms with Gasteiger partial charge in [0.15, 0.2) is 0 Å². The maximum atomic E-state index is 2.49. The first kappa shape index (κ1) is 16.0. The van der Waals surface area contributed by atoms with Gasteiger partial charge in [-0.3, -0.25) is 0 Å². The third-order valence-corrected chi connectivity index (χ3v) is 3.89. The average molecular weight is 227 g/mol. The lowest BCUT2D eigenvalue weighted by molar-refractivity contribution is 0.0990.